The molecule has 0 amide bonds. The Hall–Kier alpha value is -3.86. The standard InChI is InChI=1S/2C24H32N2O2.2Pt/c2*27-23-15-9-7-13-21(23)19-25-17-11-5-3-1-2-4-6-12-18-26-20-22-14-8-10-16-24(22)28;;/h2*7-10,13-16,19-20,27-28H,1-6,11-12,17-18H2;;/q;;2*+2/p-4. The largest absolute Gasteiger partial charge is 2.00 e. The number of para-hydroxylation sites is 4. The average Bonchev–Trinajstić information content (AvgIpc) is 3.21. The molecule has 0 aliphatic heterocycles. The maximum Gasteiger partial charge on any atom is 2.00 e. The SMILES string of the molecule is [O-]c1ccccc1C=NCCCCCCCCCCN=Cc1ccccc1[O-].[O-]c1ccccc1C=NCCCCCCCCCCN=Cc1ccccc1[O-].[Pt+2].[Pt+2]. The van der Waals surface area contributed by atoms with Crippen LogP contribution in [0.15, 0.2) is 117 Å². The van der Waals surface area contributed by atoms with Crippen LogP contribution in [0.2, 0.25) is 0 Å². The van der Waals surface area contributed by atoms with Crippen molar-refractivity contribution < 1.29 is 62.6 Å². The van der Waals surface area contributed by atoms with E-state index < -0.39 is 0 Å². The van der Waals surface area contributed by atoms with Gasteiger partial charge in [-0.05, 0) is 47.9 Å². The maximum absolute atomic E-state index is 11.5. The molecule has 0 bridgehead atoms. The molecule has 0 heterocycles. The van der Waals surface area contributed by atoms with Gasteiger partial charge < -0.3 is 20.4 Å². The third-order valence-electron chi connectivity index (χ3n) is 9.25. The molecule has 0 saturated carbocycles. The van der Waals surface area contributed by atoms with Crippen LogP contribution in [0.5, 0.6) is 23.0 Å². The van der Waals surface area contributed by atoms with Crippen molar-refractivity contribution in [1.29, 1.82) is 0 Å². The van der Waals surface area contributed by atoms with Gasteiger partial charge in [-0.3, -0.25) is 20.0 Å². The van der Waals surface area contributed by atoms with Crippen molar-refractivity contribution in [3.8, 4) is 23.0 Å². The topological polar surface area (TPSA) is 142 Å². The van der Waals surface area contributed by atoms with E-state index in [4.69, 9.17) is 0 Å². The van der Waals surface area contributed by atoms with E-state index in [-0.39, 0.29) is 65.1 Å². The Labute approximate surface area is 376 Å². The van der Waals surface area contributed by atoms with E-state index in [1.54, 1.807) is 97.7 Å². The predicted octanol–water partition coefficient (Wildman–Crippen LogP) is 8.98. The number of rotatable bonds is 26. The van der Waals surface area contributed by atoms with Gasteiger partial charge in [0.15, 0.2) is 0 Å². The first kappa shape index (κ1) is 52.2. The molecule has 4 aromatic rings. The fourth-order valence-electron chi connectivity index (χ4n) is 5.93. The number of unbranched alkanes of at least 4 members (excludes halogenated alkanes) is 14. The third kappa shape index (κ3) is 24.8. The molecule has 0 atom stereocenters. The second kappa shape index (κ2) is 35.1. The van der Waals surface area contributed by atoms with Crippen LogP contribution in [0, 0.1) is 0 Å². The quantitative estimate of drug-likeness (QED) is 0.0457. The summed E-state index contributed by atoms with van der Waals surface area (Å²) < 4.78 is 0. The fraction of sp³-hybridized carbons (Fsp3) is 0.417. The molecular formula is C48H60N4O4Pt2. The summed E-state index contributed by atoms with van der Waals surface area (Å²) in [4.78, 5) is 17.4. The minimum absolute atomic E-state index is 0. The van der Waals surface area contributed by atoms with Crippen molar-refractivity contribution in [2.75, 3.05) is 26.2 Å². The zero-order valence-corrected chi connectivity index (χ0v) is 38.3. The van der Waals surface area contributed by atoms with Gasteiger partial charge in [0.1, 0.15) is 0 Å². The molecule has 0 radical (unpaired) electrons. The molecule has 0 aliphatic rings. The minimum atomic E-state index is 0. The van der Waals surface area contributed by atoms with Crippen LogP contribution in [0.3, 0.4) is 0 Å². The van der Waals surface area contributed by atoms with Gasteiger partial charge in [-0.1, -0.05) is 174 Å². The monoisotopic (exact) mass is 1150 g/mol. The number of hydrogen-bond donors (Lipinski definition) is 0. The molecule has 316 valence electrons. The van der Waals surface area contributed by atoms with Gasteiger partial charge in [0.25, 0.3) is 0 Å². The van der Waals surface area contributed by atoms with Gasteiger partial charge >= 0.3 is 42.1 Å². The van der Waals surface area contributed by atoms with Crippen molar-refractivity contribution in [2.45, 2.75) is 103 Å². The Kier molecular flexibility index (Phi) is 31.6. The van der Waals surface area contributed by atoms with Crippen LogP contribution in [-0.2, 0) is 42.1 Å². The molecule has 10 heteroatoms. The van der Waals surface area contributed by atoms with Gasteiger partial charge in [-0.25, -0.2) is 0 Å². The number of hydrogen-bond acceptors (Lipinski definition) is 8. The van der Waals surface area contributed by atoms with Gasteiger partial charge in [-0.15, -0.1) is 23.0 Å². The fourth-order valence-corrected chi connectivity index (χ4v) is 5.93. The van der Waals surface area contributed by atoms with E-state index in [1.807, 2.05) is 24.3 Å². The second-order valence-corrected chi connectivity index (χ2v) is 13.9. The van der Waals surface area contributed by atoms with Crippen molar-refractivity contribution in [3.05, 3.63) is 119 Å². The first-order valence-corrected chi connectivity index (χ1v) is 20.6. The Morgan fingerprint density at radius 3 is 0.638 bits per heavy atom. The summed E-state index contributed by atoms with van der Waals surface area (Å²) in [7, 11) is 0. The Morgan fingerprint density at radius 2 is 0.448 bits per heavy atom. The van der Waals surface area contributed by atoms with Crippen LogP contribution in [0.4, 0.5) is 0 Å². The van der Waals surface area contributed by atoms with Gasteiger partial charge in [0.05, 0.1) is 0 Å². The summed E-state index contributed by atoms with van der Waals surface area (Å²) >= 11 is 0. The van der Waals surface area contributed by atoms with E-state index in [0.29, 0.717) is 22.3 Å². The molecular weight excluding hydrogens is 1090 g/mol. The normalized spacial score (nSPS) is 11.2. The second-order valence-electron chi connectivity index (χ2n) is 13.9. The summed E-state index contributed by atoms with van der Waals surface area (Å²) in [6.45, 7) is 3.16. The van der Waals surface area contributed by atoms with E-state index >= 15 is 0 Å². The van der Waals surface area contributed by atoms with Gasteiger partial charge in [0, 0.05) is 51.0 Å². The maximum atomic E-state index is 11.5. The first-order chi connectivity index (χ1) is 27.5. The third-order valence-corrected chi connectivity index (χ3v) is 9.25. The number of aliphatic imine (C=N–C) groups is 4. The molecule has 0 unspecified atom stereocenters. The zero-order valence-electron chi connectivity index (χ0n) is 33.7. The molecule has 0 fully saturated rings. The summed E-state index contributed by atoms with van der Waals surface area (Å²) in [5, 5.41) is 46.1. The predicted molar refractivity (Wildman–Crippen MR) is 227 cm³/mol. The molecule has 8 nitrogen and oxygen atoms in total. The van der Waals surface area contributed by atoms with Crippen LogP contribution in [0.1, 0.15) is 125 Å². The Balaban J connectivity index is 0.000000561. The van der Waals surface area contributed by atoms with Crippen LogP contribution in [-0.4, -0.2) is 51.0 Å². The van der Waals surface area contributed by atoms with E-state index in [9.17, 15) is 20.4 Å². The molecule has 0 N–H and O–H groups in total. The molecule has 0 aromatic heterocycles. The van der Waals surface area contributed by atoms with E-state index in [0.717, 1.165) is 51.9 Å². The molecule has 4 aromatic carbocycles. The van der Waals surface area contributed by atoms with E-state index in [1.165, 1.54) is 77.0 Å². The molecule has 0 saturated heterocycles. The number of benzene rings is 4. The van der Waals surface area contributed by atoms with Crippen LogP contribution >= 0.6 is 0 Å². The van der Waals surface area contributed by atoms with Crippen molar-refractivity contribution in [2.24, 2.45) is 20.0 Å². The first-order valence-electron chi connectivity index (χ1n) is 20.6. The Bertz CT molecular complexity index is 1490. The smallest absolute Gasteiger partial charge is 0.872 e. The Morgan fingerprint density at radius 1 is 0.276 bits per heavy atom. The van der Waals surface area contributed by atoms with Crippen molar-refractivity contribution in [3.63, 3.8) is 0 Å². The molecule has 0 spiro atoms. The molecule has 4 rings (SSSR count). The van der Waals surface area contributed by atoms with Gasteiger partial charge in [0.2, 0.25) is 0 Å². The summed E-state index contributed by atoms with van der Waals surface area (Å²) in [5.74, 6) is 0.138. The minimum Gasteiger partial charge on any atom is -0.872 e. The van der Waals surface area contributed by atoms with E-state index in [2.05, 4.69) is 20.0 Å². The van der Waals surface area contributed by atoms with Crippen molar-refractivity contribution in [1.82, 2.24) is 0 Å². The van der Waals surface area contributed by atoms with Gasteiger partial charge in [-0.2, -0.15) is 0 Å². The molecule has 0 aliphatic carbocycles. The zero-order chi connectivity index (χ0) is 39.7. The number of nitrogens with zero attached hydrogens (tertiary/aromatic N) is 4. The summed E-state index contributed by atoms with van der Waals surface area (Å²) in [5.41, 5.74) is 2.68. The average molecular weight is 1150 g/mol. The van der Waals surface area contributed by atoms with Crippen LogP contribution in [0.25, 0.3) is 0 Å². The summed E-state index contributed by atoms with van der Waals surface area (Å²) in [6.07, 6.45) is 25.9. The van der Waals surface area contributed by atoms with Crippen LogP contribution < -0.4 is 20.4 Å². The summed E-state index contributed by atoms with van der Waals surface area (Å²) in [6, 6.07) is 27.9. The molecule has 58 heavy (non-hydrogen) atoms. The van der Waals surface area contributed by atoms with Crippen molar-refractivity contribution >= 4 is 24.9 Å².